The number of nitrogens with zero attached hydrogens (tertiary/aromatic N) is 1. The average molecular weight is 434 g/mol. The van der Waals surface area contributed by atoms with Gasteiger partial charge in [0.2, 0.25) is 5.91 Å². The number of carbonyl (C=O) groups excluding carboxylic acids is 1. The number of halogens is 1. The van der Waals surface area contributed by atoms with E-state index in [2.05, 4.69) is 33.1 Å². The van der Waals surface area contributed by atoms with Crippen molar-refractivity contribution in [1.82, 2.24) is 16.0 Å². The van der Waals surface area contributed by atoms with E-state index >= 15 is 0 Å². The van der Waals surface area contributed by atoms with Crippen molar-refractivity contribution in [3.8, 4) is 0 Å². The van der Waals surface area contributed by atoms with Crippen LogP contribution in [0.3, 0.4) is 0 Å². The molecule has 0 radical (unpaired) electrons. The summed E-state index contributed by atoms with van der Waals surface area (Å²) in [7, 11) is 1.60. The van der Waals surface area contributed by atoms with Crippen LogP contribution in [0.15, 0.2) is 35.3 Å². The first-order chi connectivity index (χ1) is 10.8. The van der Waals surface area contributed by atoms with E-state index in [1.54, 1.807) is 7.11 Å². The van der Waals surface area contributed by atoms with Crippen LogP contribution in [0.4, 0.5) is 0 Å². The lowest BCUT2D eigenvalue weighted by molar-refractivity contribution is -0.119. The van der Waals surface area contributed by atoms with Crippen molar-refractivity contribution in [3.63, 3.8) is 0 Å². The van der Waals surface area contributed by atoms with Crippen LogP contribution in [0.5, 0.6) is 0 Å². The van der Waals surface area contributed by atoms with E-state index in [9.17, 15) is 4.79 Å². The van der Waals surface area contributed by atoms with E-state index in [0.717, 1.165) is 19.5 Å². The number of benzene rings is 1. The monoisotopic (exact) mass is 434 g/mol. The fourth-order valence-corrected chi connectivity index (χ4v) is 1.81. The standard InChI is InChI=1S/C16H26N4O2.HI/c1-3-17-16(20-13-15(21)18-11-12-22-2)19-10-9-14-7-5-4-6-8-14;/h4-8H,3,9-13H2,1-2H3,(H,18,21)(H2,17,19,20);1H. The maximum absolute atomic E-state index is 11.6. The average Bonchev–Trinajstić information content (AvgIpc) is 2.54. The minimum atomic E-state index is -0.114. The number of guanidine groups is 1. The SMILES string of the molecule is CCNC(=NCC(=O)NCCOC)NCCc1ccccc1.I. The maximum Gasteiger partial charge on any atom is 0.241 e. The van der Waals surface area contributed by atoms with Gasteiger partial charge in [0.15, 0.2) is 5.96 Å². The van der Waals surface area contributed by atoms with Gasteiger partial charge in [-0.25, -0.2) is 4.99 Å². The third-order valence-electron chi connectivity index (χ3n) is 2.90. The Balaban J connectivity index is 0.00000484. The van der Waals surface area contributed by atoms with Gasteiger partial charge in [0.25, 0.3) is 0 Å². The molecule has 23 heavy (non-hydrogen) atoms. The number of rotatable bonds is 9. The maximum atomic E-state index is 11.6. The summed E-state index contributed by atoms with van der Waals surface area (Å²) in [6, 6.07) is 10.2. The zero-order valence-corrected chi connectivity index (χ0v) is 16.1. The van der Waals surface area contributed by atoms with Crippen molar-refractivity contribution >= 4 is 35.8 Å². The number of hydrogen-bond donors (Lipinski definition) is 3. The number of nitrogens with one attached hydrogen (secondary N) is 3. The molecule has 6 nitrogen and oxygen atoms in total. The molecule has 1 aromatic rings. The molecule has 0 bridgehead atoms. The second kappa shape index (κ2) is 14.3. The molecule has 7 heteroatoms. The predicted octanol–water partition coefficient (Wildman–Crippen LogP) is 1.16. The van der Waals surface area contributed by atoms with Crippen LogP contribution in [0, 0.1) is 0 Å². The molecule has 1 amide bonds. The fourth-order valence-electron chi connectivity index (χ4n) is 1.81. The molecular formula is C16H27IN4O2. The van der Waals surface area contributed by atoms with E-state index in [4.69, 9.17) is 4.74 Å². The fraction of sp³-hybridized carbons (Fsp3) is 0.500. The summed E-state index contributed by atoms with van der Waals surface area (Å²) in [5.74, 6) is 0.539. The molecule has 0 atom stereocenters. The first-order valence-electron chi connectivity index (χ1n) is 7.58. The highest BCUT2D eigenvalue weighted by Crippen LogP contribution is 1.97. The highest BCUT2D eigenvalue weighted by Gasteiger charge is 2.01. The molecule has 0 unspecified atom stereocenters. The Morgan fingerprint density at radius 1 is 1.13 bits per heavy atom. The molecule has 1 rings (SSSR count). The van der Waals surface area contributed by atoms with E-state index in [1.807, 2.05) is 25.1 Å². The first-order valence-corrected chi connectivity index (χ1v) is 7.58. The summed E-state index contributed by atoms with van der Waals surface area (Å²) in [5.41, 5.74) is 1.27. The molecule has 0 fully saturated rings. The van der Waals surface area contributed by atoms with Gasteiger partial charge >= 0.3 is 0 Å². The number of carbonyl (C=O) groups is 1. The van der Waals surface area contributed by atoms with Crippen LogP contribution in [-0.2, 0) is 16.0 Å². The Bertz CT molecular complexity index is 455. The summed E-state index contributed by atoms with van der Waals surface area (Å²) < 4.78 is 4.88. The molecule has 0 heterocycles. The Labute approximate surface area is 155 Å². The molecule has 0 aromatic heterocycles. The van der Waals surface area contributed by atoms with Crippen LogP contribution in [0.1, 0.15) is 12.5 Å². The smallest absolute Gasteiger partial charge is 0.241 e. The zero-order chi connectivity index (χ0) is 16.0. The topological polar surface area (TPSA) is 74.8 Å². The van der Waals surface area contributed by atoms with Gasteiger partial charge in [-0.2, -0.15) is 0 Å². The molecule has 0 aliphatic heterocycles. The summed E-state index contributed by atoms with van der Waals surface area (Å²) in [5, 5.41) is 9.09. The van der Waals surface area contributed by atoms with Gasteiger partial charge < -0.3 is 20.7 Å². The van der Waals surface area contributed by atoms with Crippen LogP contribution in [0.25, 0.3) is 0 Å². The summed E-state index contributed by atoms with van der Waals surface area (Å²) in [6.45, 7) is 4.62. The minimum absolute atomic E-state index is 0. The quantitative estimate of drug-likeness (QED) is 0.236. The second-order valence-corrected chi connectivity index (χ2v) is 4.70. The van der Waals surface area contributed by atoms with Gasteiger partial charge in [0, 0.05) is 26.7 Å². The summed E-state index contributed by atoms with van der Waals surface area (Å²) in [6.07, 6.45) is 0.908. The van der Waals surface area contributed by atoms with Crippen molar-refractivity contribution in [2.45, 2.75) is 13.3 Å². The lowest BCUT2D eigenvalue weighted by Crippen LogP contribution is -2.39. The van der Waals surface area contributed by atoms with Crippen LogP contribution >= 0.6 is 24.0 Å². The number of methoxy groups -OCH3 is 1. The normalized spacial score (nSPS) is 10.6. The molecule has 130 valence electrons. The molecular weight excluding hydrogens is 407 g/mol. The Morgan fingerprint density at radius 2 is 1.87 bits per heavy atom. The second-order valence-electron chi connectivity index (χ2n) is 4.70. The van der Waals surface area contributed by atoms with Gasteiger partial charge in [-0.3, -0.25) is 4.79 Å². The number of aliphatic imine (C=N–C) groups is 1. The highest BCUT2D eigenvalue weighted by atomic mass is 127. The lowest BCUT2D eigenvalue weighted by Gasteiger charge is -2.11. The van der Waals surface area contributed by atoms with Crippen molar-refractivity contribution in [2.75, 3.05) is 39.9 Å². The lowest BCUT2D eigenvalue weighted by atomic mass is 10.1. The van der Waals surface area contributed by atoms with E-state index in [0.29, 0.717) is 19.1 Å². The van der Waals surface area contributed by atoms with Gasteiger partial charge in [0.05, 0.1) is 6.61 Å². The molecule has 0 aliphatic carbocycles. The molecule has 0 spiro atoms. The van der Waals surface area contributed by atoms with Crippen LogP contribution < -0.4 is 16.0 Å². The van der Waals surface area contributed by atoms with Crippen molar-refractivity contribution < 1.29 is 9.53 Å². The van der Waals surface area contributed by atoms with Crippen LogP contribution in [0.2, 0.25) is 0 Å². The third-order valence-corrected chi connectivity index (χ3v) is 2.90. The van der Waals surface area contributed by atoms with Crippen LogP contribution in [-0.4, -0.2) is 51.8 Å². The van der Waals surface area contributed by atoms with E-state index in [-0.39, 0.29) is 36.4 Å². The Hall–Kier alpha value is -1.35. The summed E-state index contributed by atoms with van der Waals surface area (Å²) in [4.78, 5) is 15.9. The predicted molar refractivity (Wildman–Crippen MR) is 104 cm³/mol. The van der Waals surface area contributed by atoms with Crippen molar-refractivity contribution in [2.24, 2.45) is 4.99 Å². The highest BCUT2D eigenvalue weighted by molar-refractivity contribution is 14.0. The molecule has 0 aliphatic rings. The minimum Gasteiger partial charge on any atom is -0.383 e. The van der Waals surface area contributed by atoms with Gasteiger partial charge in [0.1, 0.15) is 6.54 Å². The van der Waals surface area contributed by atoms with Crippen molar-refractivity contribution in [3.05, 3.63) is 35.9 Å². The van der Waals surface area contributed by atoms with E-state index < -0.39 is 0 Å². The Morgan fingerprint density at radius 3 is 2.52 bits per heavy atom. The van der Waals surface area contributed by atoms with E-state index in [1.165, 1.54) is 5.56 Å². The van der Waals surface area contributed by atoms with Gasteiger partial charge in [-0.05, 0) is 18.9 Å². The third kappa shape index (κ3) is 10.9. The summed E-state index contributed by atoms with van der Waals surface area (Å²) >= 11 is 0. The molecule has 3 N–H and O–H groups in total. The molecule has 1 aromatic carbocycles. The molecule has 0 saturated heterocycles. The Kier molecular flexibility index (Phi) is 13.4. The largest absolute Gasteiger partial charge is 0.383 e. The first kappa shape index (κ1) is 21.6. The molecule has 0 saturated carbocycles. The van der Waals surface area contributed by atoms with Crippen molar-refractivity contribution in [1.29, 1.82) is 0 Å². The number of ether oxygens (including phenoxy) is 1. The number of hydrogen-bond acceptors (Lipinski definition) is 3. The van der Waals surface area contributed by atoms with Gasteiger partial charge in [-0.15, -0.1) is 24.0 Å². The van der Waals surface area contributed by atoms with Gasteiger partial charge in [-0.1, -0.05) is 30.3 Å². The zero-order valence-electron chi connectivity index (χ0n) is 13.8. The number of amides is 1.